The first-order chi connectivity index (χ1) is 6.79. The summed E-state index contributed by atoms with van der Waals surface area (Å²) in [5.41, 5.74) is 0.729. The average Bonchev–Trinajstić information content (AvgIpc) is 2.67. The lowest BCUT2D eigenvalue weighted by Crippen LogP contribution is -1.87. The van der Waals surface area contributed by atoms with Gasteiger partial charge in [0.1, 0.15) is 0 Å². The molecule has 0 saturated heterocycles. The van der Waals surface area contributed by atoms with Crippen LogP contribution >= 0.6 is 11.5 Å². The molecule has 0 N–H and O–H groups in total. The van der Waals surface area contributed by atoms with Crippen molar-refractivity contribution in [3.8, 4) is 16.3 Å². The van der Waals surface area contributed by atoms with Gasteiger partial charge in [-0.1, -0.05) is 0 Å². The summed E-state index contributed by atoms with van der Waals surface area (Å²) in [6.07, 6.45) is 2.09. The normalized spacial score (nSPS) is 10.1. The van der Waals surface area contributed by atoms with Crippen molar-refractivity contribution in [3.05, 3.63) is 24.5 Å². The zero-order valence-electron chi connectivity index (χ0n) is 7.27. The molecule has 0 spiro atoms. The van der Waals surface area contributed by atoms with Crippen molar-refractivity contribution < 1.29 is 9.13 Å². The monoisotopic (exact) mass is 211 g/mol. The number of nitrogens with zero attached hydrogens (tertiary/aromatic N) is 3. The average molecular weight is 211 g/mol. The maximum atomic E-state index is 12.4. The van der Waals surface area contributed by atoms with Gasteiger partial charge in [0.25, 0.3) is 0 Å². The summed E-state index contributed by atoms with van der Waals surface area (Å²) >= 11 is 1.26. The first-order valence-corrected chi connectivity index (χ1v) is 4.55. The van der Waals surface area contributed by atoms with Crippen LogP contribution in [-0.4, -0.2) is 21.5 Å². The highest BCUT2D eigenvalue weighted by molar-refractivity contribution is 7.09. The molecule has 72 valence electrons. The largest absolute Gasteiger partial charge is 0.480 e. The molecular weight excluding hydrogens is 205 g/mol. The van der Waals surface area contributed by atoms with E-state index in [2.05, 4.69) is 14.3 Å². The van der Waals surface area contributed by atoms with Crippen LogP contribution in [0, 0.1) is 6.08 Å². The Morgan fingerprint density at radius 2 is 2.07 bits per heavy atom. The number of halogens is 1. The van der Waals surface area contributed by atoms with E-state index in [4.69, 9.17) is 4.74 Å². The molecule has 6 heteroatoms. The van der Waals surface area contributed by atoms with Crippen molar-refractivity contribution in [3.63, 3.8) is 0 Å². The highest BCUT2D eigenvalue weighted by Crippen LogP contribution is 2.26. The van der Waals surface area contributed by atoms with Crippen LogP contribution in [-0.2, 0) is 0 Å². The lowest BCUT2D eigenvalue weighted by atomic mass is 10.3. The van der Waals surface area contributed by atoms with E-state index in [1.165, 1.54) is 23.9 Å². The van der Waals surface area contributed by atoms with E-state index in [0.29, 0.717) is 5.88 Å². The third kappa shape index (κ3) is 1.69. The van der Waals surface area contributed by atoms with Gasteiger partial charge in [-0.2, -0.15) is 8.76 Å². The minimum Gasteiger partial charge on any atom is -0.480 e. The van der Waals surface area contributed by atoms with Crippen molar-refractivity contribution in [2.45, 2.75) is 0 Å². The minimum atomic E-state index is -0.731. The van der Waals surface area contributed by atoms with Crippen LogP contribution in [0.1, 0.15) is 0 Å². The fraction of sp³-hybridized carbons (Fsp3) is 0.125. The zero-order valence-corrected chi connectivity index (χ0v) is 8.08. The highest BCUT2D eigenvalue weighted by Gasteiger charge is 2.05. The third-order valence-electron chi connectivity index (χ3n) is 1.60. The van der Waals surface area contributed by atoms with Crippen LogP contribution < -0.4 is 4.74 Å². The summed E-state index contributed by atoms with van der Waals surface area (Å²) in [4.78, 5) is 7.75. The molecule has 2 heterocycles. The number of hydrogen-bond donors (Lipinski definition) is 0. The molecule has 0 unspecified atom stereocenters. The van der Waals surface area contributed by atoms with Gasteiger partial charge in [0.15, 0.2) is 0 Å². The van der Waals surface area contributed by atoms with Crippen molar-refractivity contribution in [2.24, 2.45) is 0 Å². The van der Waals surface area contributed by atoms with Crippen LogP contribution in [0.4, 0.5) is 4.39 Å². The molecular formula is C8H6FN3OS. The Balaban J connectivity index is 2.34. The van der Waals surface area contributed by atoms with Crippen molar-refractivity contribution in [2.75, 3.05) is 7.11 Å². The van der Waals surface area contributed by atoms with E-state index in [1.54, 1.807) is 13.2 Å². The molecule has 0 radical (unpaired) electrons. The molecule has 14 heavy (non-hydrogen) atoms. The fourth-order valence-electron chi connectivity index (χ4n) is 0.931. The molecule has 2 rings (SSSR count). The van der Waals surface area contributed by atoms with Gasteiger partial charge in [0.05, 0.1) is 12.0 Å². The molecule has 0 aliphatic rings. The molecule has 2 aromatic rings. The van der Waals surface area contributed by atoms with Crippen LogP contribution in [0.5, 0.6) is 5.88 Å². The second-order valence-corrected chi connectivity index (χ2v) is 3.28. The van der Waals surface area contributed by atoms with Gasteiger partial charge in [-0.15, -0.1) is 0 Å². The van der Waals surface area contributed by atoms with E-state index in [-0.39, 0.29) is 0 Å². The number of methoxy groups -OCH3 is 1. The van der Waals surface area contributed by atoms with E-state index < -0.39 is 6.08 Å². The van der Waals surface area contributed by atoms with E-state index in [1.807, 2.05) is 0 Å². The fourth-order valence-corrected chi connectivity index (χ4v) is 1.61. The first-order valence-electron chi connectivity index (χ1n) is 3.78. The summed E-state index contributed by atoms with van der Waals surface area (Å²) in [7, 11) is 1.54. The summed E-state index contributed by atoms with van der Waals surface area (Å²) in [6, 6.07) is 1.75. The zero-order chi connectivity index (χ0) is 9.97. The van der Waals surface area contributed by atoms with Gasteiger partial charge in [0.2, 0.25) is 5.88 Å². The lowest BCUT2D eigenvalue weighted by molar-refractivity contribution is 0.403. The van der Waals surface area contributed by atoms with Gasteiger partial charge in [0, 0.05) is 24.0 Å². The van der Waals surface area contributed by atoms with Gasteiger partial charge >= 0.3 is 6.08 Å². The Labute approximate surface area is 83.6 Å². The van der Waals surface area contributed by atoms with Crippen molar-refractivity contribution >= 4 is 11.5 Å². The SMILES string of the molecule is COc1cc(-c2cnc(F)nc2)sn1. The Hall–Kier alpha value is -1.56. The number of aromatic nitrogens is 3. The van der Waals surface area contributed by atoms with Gasteiger partial charge in [-0.25, -0.2) is 9.97 Å². The second kappa shape index (κ2) is 3.67. The van der Waals surface area contributed by atoms with Crippen LogP contribution in [0.2, 0.25) is 0 Å². The lowest BCUT2D eigenvalue weighted by Gasteiger charge is -1.92. The first kappa shape index (κ1) is 9.01. The van der Waals surface area contributed by atoms with E-state index >= 15 is 0 Å². The molecule has 0 amide bonds. The van der Waals surface area contributed by atoms with Crippen LogP contribution in [0.25, 0.3) is 10.4 Å². The molecule has 4 nitrogen and oxygen atoms in total. The molecule has 0 saturated carbocycles. The summed E-state index contributed by atoms with van der Waals surface area (Å²) < 4.78 is 21.3. The Bertz CT molecular complexity index is 428. The molecule has 0 fully saturated rings. The van der Waals surface area contributed by atoms with Crippen molar-refractivity contribution in [1.29, 1.82) is 0 Å². The summed E-state index contributed by atoms with van der Waals surface area (Å²) in [5, 5.41) is 0. The van der Waals surface area contributed by atoms with Gasteiger partial charge < -0.3 is 4.74 Å². The van der Waals surface area contributed by atoms with E-state index in [9.17, 15) is 4.39 Å². The summed E-state index contributed by atoms with van der Waals surface area (Å²) in [6.45, 7) is 0. The molecule has 0 atom stereocenters. The number of hydrogen-bond acceptors (Lipinski definition) is 5. The third-order valence-corrected chi connectivity index (χ3v) is 2.42. The van der Waals surface area contributed by atoms with Crippen LogP contribution in [0.15, 0.2) is 18.5 Å². The predicted octanol–water partition coefficient (Wildman–Crippen LogP) is 1.75. The predicted molar refractivity (Wildman–Crippen MR) is 49.7 cm³/mol. The number of ether oxygens (including phenoxy) is 1. The Kier molecular flexibility index (Phi) is 2.36. The molecule has 0 aromatic carbocycles. The quantitative estimate of drug-likeness (QED) is 0.710. The Morgan fingerprint density at radius 1 is 1.36 bits per heavy atom. The van der Waals surface area contributed by atoms with Gasteiger partial charge in [-0.05, 0) is 11.5 Å². The topological polar surface area (TPSA) is 47.9 Å². The minimum absolute atomic E-state index is 0.536. The Morgan fingerprint density at radius 3 is 2.64 bits per heavy atom. The van der Waals surface area contributed by atoms with Crippen LogP contribution in [0.3, 0.4) is 0 Å². The summed E-state index contributed by atoms with van der Waals surface area (Å²) in [5.74, 6) is 0.536. The standard InChI is InChI=1S/C8H6FN3OS/c1-13-7-2-6(14-12-7)5-3-10-8(9)11-4-5/h2-4H,1H3. The molecule has 0 aliphatic heterocycles. The second-order valence-electron chi connectivity index (χ2n) is 2.47. The smallest absolute Gasteiger partial charge is 0.308 e. The van der Waals surface area contributed by atoms with E-state index in [0.717, 1.165) is 10.4 Å². The highest BCUT2D eigenvalue weighted by atomic mass is 32.1. The maximum Gasteiger partial charge on any atom is 0.308 e. The molecule has 0 aliphatic carbocycles. The number of rotatable bonds is 2. The molecule has 0 bridgehead atoms. The maximum absolute atomic E-state index is 12.4. The van der Waals surface area contributed by atoms with Gasteiger partial charge in [-0.3, -0.25) is 0 Å². The molecule has 2 aromatic heterocycles. The van der Waals surface area contributed by atoms with Crippen molar-refractivity contribution in [1.82, 2.24) is 14.3 Å².